The Bertz CT molecular complexity index is 1430. The molecule has 0 bridgehead atoms. The zero-order chi connectivity index (χ0) is 21.3. The topological polar surface area (TPSA) is 110 Å². The first-order chi connectivity index (χ1) is 14.4. The molecular formula is C21H10BrN3O4S. The normalized spacial score (nSPS) is 11.4. The van der Waals surface area contributed by atoms with Crippen LogP contribution >= 0.6 is 27.3 Å². The lowest BCUT2D eigenvalue weighted by molar-refractivity contribution is -0.384. The molecule has 9 heteroatoms. The number of hydrogen-bond acceptors (Lipinski definition) is 7. The van der Waals surface area contributed by atoms with Gasteiger partial charge in [-0.2, -0.15) is 5.26 Å². The Labute approximate surface area is 181 Å². The van der Waals surface area contributed by atoms with Gasteiger partial charge in [-0.05, 0) is 35.9 Å². The van der Waals surface area contributed by atoms with Gasteiger partial charge in [-0.25, -0.2) is 9.78 Å². The maximum absolute atomic E-state index is 12.4. The number of halogens is 1. The van der Waals surface area contributed by atoms with E-state index in [0.717, 1.165) is 9.86 Å². The molecule has 0 atom stereocenters. The van der Waals surface area contributed by atoms with Gasteiger partial charge >= 0.3 is 5.63 Å². The molecule has 0 spiro atoms. The second-order valence-electron chi connectivity index (χ2n) is 6.19. The van der Waals surface area contributed by atoms with E-state index in [1.165, 1.54) is 29.5 Å². The van der Waals surface area contributed by atoms with Gasteiger partial charge < -0.3 is 4.42 Å². The number of rotatable bonds is 4. The molecule has 2 aromatic carbocycles. The zero-order valence-electron chi connectivity index (χ0n) is 15.0. The Kier molecular flexibility index (Phi) is 5.27. The number of non-ortho nitro benzene ring substituents is 1. The third-order valence-corrected chi connectivity index (χ3v) is 5.59. The van der Waals surface area contributed by atoms with Crippen molar-refractivity contribution >= 4 is 55.6 Å². The standard InChI is InChI=1S/C21H10BrN3O4S/c22-15-4-5-19-13(8-15)9-17(21(26)29-19)18-11-30-20(24-18)14(10-23)6-12-2-1-3-16(7-12)25(27)28/h1-9,11H/b14-6+. The smallest absolute Gasteiger partial charge is 0.345 e. The van der Waals surface area contributed by atoms with Crippen molar-refractivity contribution in [2.75, 3.05) is 0 Å². The lowest BCUT2D eigenvalue weighted by Gasteiger charge is -2.00. The van der Waals surface area contributed by atoms with Crippen molar-refractivity contribution in [3.8, 4) is 17.3 Å². The summed E-state index contributed by atoms with van der Waals surface area (Å²) in [7, 11) is 0. The molecule has 2 heterocycles. The van der Waals surface area contributed by atoms with Gasteiger partial charge in [0, 0.05) is 27.4 Å². The van der Waals surface area contributed by atoms with Crippen LogP contribution in [0.3, 0.4) is 0 Å². The highest BCUT2D eigenvalue weighted by molar-refractivity contribution is 9.10. The SMILES string of the molecule is N#C/C(=C\c1cccc([N+](=O)[O-])c1)c1nc(-c2cc3cc(Br)ccc3oc2=O)cs1. The van der Waals surface area contributed by atoms with Gasteiger partial charge in [0.2, 0.25) is 0 Å². The zero-order valence-corrected chi connectivity index (χ0v) is 17.4. The van der Waals surface area contributed by atoms with Crippen molar-refractivity contribution in [3.05, 3.63) is 89.5 Å². The fraction of sp³-hybridized carbons (Fsp3) is 0. The van der Waals surface area contributed by atoms with Crippen LogP contribution in [0.5, 0.6) is 0 Å². The number of nitriles is 1. The van der Waals surface area contributed by atoms with Crippen molar-refractivity contribution in [2.45, 2.75) is 0 Å². The van der Waals surface area contributed by atoms with E-state index in [-0.39, 0.29) is 16.8 Å². The minimum Gasteiger partial charge on any atom is -0.422 e. The second-order valence-corrected chi connectivity index (χ2v) is 7.96. The summed E-state index contributed by atoms with van der Waals surface area (Å²) in [6.45, 7) is 0. The molecule has 0 N–H and O–H groups in total. The highest BCUT2D eigenvalue weighted by Crippen LogP contribution is 2.28. The summed E-state index contributed by atoms with van der Waals surface area (Å²) >= 11 is 4.59. The summed E-state index contributed by atoms with van der Waals surface area (Å²) in [4.78, 5) is 27.3. The van der Waals surface area contributed by atoms with E-state index in [1.54, 1.807) is 35.7 Å². The molecule has 0 aliphatic rings. The van der Waals surface area contributed by atoms with E-state index in [2.05, 4.69) is 27.0 Å². The predicted molar refractivity (Wildman–Crippen MR) is 118 cm³/mol. The molecule has 7 nitrogen and oxygen atoms in total. The molecule has 0 saturated heterocycles. The second kappa shape index (κ2) is 8.02. The summed E-state index contributed by atoms with van der Waals surface area (Å²) in [5.74, 6) is 0. The van der Waals surface area contributed by atoms with E-state index < -0.39 is 10.5 Å². The number of thiazole rings is 1. The Hall–Kier alpha value is -3.61. The van der Waals surface area contributed by atoms with Gasteiger partial charge in [0.1, 0.15) is 16.7 Å². The molecule has 0 unspecified atom stereocenters. The average molecular weight is 480 g/mol. The van der Waals surface area contributed by atoms with E-state index >= 15 is 0 Å². The van der Waals surface area contributed by atoms with Gasteiger partial charge in [0.05, 0.1) is 21.8 Å². The Balaban J connectivity index is 1.75. The number of benzene rings is 2. The molecule has 4 aromatic rings. The van der Waals surface area contributed by atoms with Gasteiger partial charge in [-0.15, -0.1) is 11.3 Å². The fourth-order valence-electron chi connectivity index (χ4n) is 2.83. The quantitative estimate of drug-likeness (QED) is 0.162. The summed E-state index contributed by atoms with van der Waals surface area (Å²) in [5, 5.41) is 23.3. The number of hydrogen-bond donors (Lipinski definition) is 0. The van der Waals surface area contributed by atoms with Crippen LogP contribution in [0.1, 0.15) is 10.6 Å². The highest BCUT2D eigenvalue weighted by atomic mass is 79.9. The van der Waals surface area contributed by atoms with E-state index in [9.17, 15) is 20.2 Å². The summed E-state index contributed by atoms with van der Waals surface area (Å²) in [6, 6.07) is 15.0. The van der Waals surface area contributed by atoms with Crippen LogP contribution in [0.2, 0.25) is 0 Å². The Morgan fingerprint density at radius 3 is 2.87 bits per heavy atom. The molecule has 0 saturated carbocycles. The van der Waals surface area contributed by atoms with Crippen molar-refractivity contribution in [1.29, 1.82) is 5.26 Å². The number of nitrogens with zero attached hydrogens (tertiary/aromatic N) is 3. The van der Waals surface area contributed by atoms with Crippen molar-refractivity contribution in [2.24, 2.45) is 0 Å². The summed E-state index contributed by atoms with van der Waals surface area (Å²) in [6.07, 6.45) is 1.52. The van der Waals surface area contributed by atoms with Crippen LogP contribution in [0.15, 0.2) is 67.6 Å². The average Bonchev–Trinajstić information content (AvgIpc) is 3.21. The maximum atomic E-state index is 12.4. The molecule has 2 aromatic heterocycles. The highest BCUT2D eigenvalue weighted by Gasteiger charge is 2.14. The van der Waals surface area contributed by atoms with Crippen LogP contribution < -0.4 is 5.63 Å². The monoisotopic (exact) mass is 479 g/mol. The van der Waals surface area contributed by atoms with Crippen LogP contribution in [-0.2, 0) is 0 Å². The van der Waals surface area contributed by atoms with Gasteiger partial charge in [0.25, 0.3) is 5.69 Å². The lowest BCUT2D eigenvalue weighted by Crippen LogP contribution is -2.02. The molecule has 0 radical (unpaired) electrons. The summed E-state index contributed by atoms with van der Waals surface area (Å²) < 4.78 is 6.22. The third kappa shape index (κ3) is 3.91. The van der Waals surface area contributed by atoms with E-state index in [1.807, 2.05) is 6.07 Å². The van der Waals surface area contributed by atoms with Gasteiger partial charge in [-0.3, -0.25) is 10.1 Å². The summed E-state index contributed by atoms with van der Waals surface area (Å²) in [5.41, 5.74) is 1.29. The number of aromatic nitrogens is 1. The third-order valence-electron chi connectivity index (χ3n) is 4.22. The molecule has 0 aliphatic heterocycles. The minimum absolute atomic E-state index is 0.0687. The first-order valence-corrected chi connectivity index (χ1v) is 10.2. The molecule has 146 valence electrons. The number of nitro benzene ring substituents is 1. The largest absolute Gasteiger partial charge is 0.422 e. The fourth-order valence-corrected chi connectivity index (χ4v) is 3.99. The van der Waals surface area contributed by atoms with Crippen molar-refractivity contribution < 1.29 is 9.34 Å². The Morgan fingerprint density at radius 2 is 2.10 bits per heavy atom. The predicted octanol–water partition coefficient (Wildman–Crippen LogP) is 5.65. The minimum atomic E-state index is -0.525. The van der Waals surface area contributed by atoms with Gasteiger partial charge in [-0.1, -0.05) is 28.1 Å². The lowest BCUT2D eigenvalue weighted by atomic mass is 10.1. The van der Waals surface area contributed by atoms with Crippen molar-refractivity contribution in [3.63, 3.8) is 0 Å². The number of allylic oxidation sites excluding steroid dienone is 1. The van der Waals surface area contributed by atoms with E-state index in [0.29, 0.717) is 21.8 Å². The molecular weight excluding hydrogens is 470 g/mol. The molecule has 0 amide bonds. The van der Waals surface area contributed by atoms with Crippen LogP contribution in [0.4, 0.5) is 5.69 Å². The van der Waals surface area contributed by atoms with Crippen molar-refractivity contribution in [1.82, 2.24) is 4.98 Å². The first-order valence-electron chi connectivity index (χ1n) is 8.50. The Morgan fingerprint density at radius 1 is 1.27 bits per heavy atom. The van der Waals surface area contributed by atoms with Crippen LogP contribution in [-0.4, -0.2) is 9.91 Å². The van der Waals surface area contributed by atoms with E-state index in [4.69, 9.17) is 4.42 Å². The maximum Gasteiger partial charge on any atom is 0.345 e. The first kappa shape index (κ1) is 19.7. The van der Waals surface area contributed by atoms with Gasteiger partial charge in [0.15, 0.2) is 0 Å². The molecule has 0 aliphatic carbocycles. The number of nitro groups is 1. The van der Waals surface area contributed by atoms with Crippen LogP contribution in [0.25, 0.3) is 33.9 Å². The molecule has 4 rings (SSSR count). The van der Waals surface area contributed by atoms with Crippen LogP contribution in [0, 0.1) is 21.4 Å². The molecule has 30 heavy (non-hydrogen) atoms. The molecule has 0 fully saturated rings. The number of fused-ring (bicyclic) bond motifs is 1.